The highest BCUT2D eigenvalue weighted by atomic mass is 32.1. The second-order valence-corrected chi connectivity index (χ2v) is 14.4. The molecule has 2 saturated heterocycles. The van der Waals surface area contributed by atoms with Gasteiger partial charge >= 0.3 is 12.1 Å². The summed E-state index contributed by atoms with van der Waals surface area (Å²) in [5.74, 6) is -0.541. The molecule has 1 N–H and O–H groups in total. The fourth-order valence-electron chi connectivity index (χ4n) is 6.33. The van der Waals surface area contributed by atoms with Crippen LogP contribution in [-0.2, 0) is 25.7 Å². The first-order valence-electron chi connectivity index (χ1n) is 15.8. The molecule has 0 spiro atoms. The summed E-state index contributed by atoms with van der Waals surface area (Å²) in [6, 6.07) is 9.40. The fourth-order valence-corrected chi connectivity index (χ4v) is 6.91. The smallest absolute Gasteiger partial charge is 0.410 e. The van der Waals surface area contributed by atoms with Crippen molar-refractivity contribution in [2.75, 3.05) is 0 Å². The number of carbonyl (C=O) groups excluding carboxylic acids is 3. The van der Waals surface area contributed by atoms with Gasteiger partial charge in [0.05, 0.1) is 40.7 Å². The van der Waals surface area contributed by atoms with E-state index in [9.17, 15) is 19.5 Å². The lowest BCUT2D eigenvalue weighted by Crippen LogP contribution is -2.44. The number of thiazole rings is 1. The van der Waals surface area contributed by atoms with E-state index in [-0.39, 0.29) is 54.7 Å². The maximum atomic E-state index is 13.6. The maximum Gasteiger partial charge on any atom is 0.410 e. The highest BCUT2D eigenvalue weighted by Crippen LogP contribution is 2.40. The van der Waals surface area contributed by atoms with Gasteiger partial charge in [-0.3, -0.25) is 14.5 Å². The number of aryl methyl sites for hydroxylation is 1. The molecule has 4 rings (SSSR count). The predicted molar refractivity (Wildman–Crippen MR) is 172 cm³/mol. The first-order chi connectivity index (χ1) is 20.8. The average Bonchev–Trinajstić information content (AvgIpc) is 3.51. The third-order valence-electron chi connectivity index (χ3n) is 9.82. The van der Waals surface area contributed by atoms with E-state index in [4.69, 9.17) is 9.47 Å². The highest BCUT2D eigenvalue weighted by molar-refractivity contribution is 7.09. The molecule has 44 heavy (non-hydrogen) atoms. The number of ketones is 1. The van der Waals surface area contributed by atoms with Gasteiger partial charge in [-0.15, -0.1) is 11.3 Å². The normalized spacial score (nSPS) is 30.3. The molecule has 2 aromatic rings. The molecule has 8 nitrogen and oxygen atoms in total. The third-order valence-corrected chi connectivity index (χ3v) is 10.6. The number of nitrogens with zero attached hydrogens (tertiary/aromatic N) is 2. The number of rotatable bonds is 4. The number of aliphatic hydroxyl groups is 1. The van der Waals surface area contributed by atoms with Crippen LogP contribution in [0.5, 0.6) is 0 Å². The summed E-state index contributed by atoms with van der Waals surface area (Å²) in [7, 11) is 0. The number of amides is 1. The second kappa shape index (κ2) is 14.4. The topological polar surface area (TPSA) is 106 Å². The van der Waals surface area contributed by atoms with Crippen molar-refractivity contribution in [2.45, 2.75) is 111 Å². The molecule has 7 atom stereocenters. The zero-order valence-electron chi connectivity index (χ0n) is 27.1. The number of hydrogen-bond acceptors (Lipinski definition) is 8. The van der Waals surface area contributed by atoms with Crippen molar-refractivity contribution in [2.24, 2.45) is 23.2 Å². The molecule has 9 heteroatoms. The zero-order valence-corrected chi connectivity index (χ0v) is 27.9. The number of hydrogen-bond donors (Lipinski definition) is 1. The van der Waals surface area contributed by atoms with Crippen LogP contribution < -0.4 is 0 Å². The summed E-state index contributed by atoms with van der Waals surface area (Å²) in [6.07, 6.45) is 2.41. The van der Waals surface area contributed by atoms with Crippen LogP contribution >= 0.6 is 11.3 Å². The molecular weight excluding hydrogens is 576 g/mol. The lowest BCUT2D eigenvalue weighted by molar-refractivity contribution is -0.154. The Bertz CT molecular complexity index is 1340. The summed E-state index contributed by atoms with van der Waals surface area (Å²) in [5, 5.41) is 14.0. The summed E-state index contributed by atoms with van der Waals surface area (Å²) in [5.41, 5.74) is 1.39. The van der Waals surface area contributed by atoms with Crippen molar-refractivity contribution in [3.63, 3.8) is 0 Å². The van der Waals surface area contributed by atoms with Gasteiger partial charge in [0.1, 0.15) is 18.5 Å². The Kier molecular flexibility index (Phi) is 11.1. The lowest BCUT2D eigenvalue weighted by atomic mass is 9.70. The van der Waals surface area contributed by atoms with Gasteiger partial charge < -0.3 is 14.6 Å². The molecule has 2 fully saturated rings. The largest absolute Gasteiger partial charge is 0.458 e. The number of benzene rings is 1. The monoisotopic (exact) mass is 624 g/mol. The minimum atomic E-state index is -1.19. The second-order valence-electron chi connectivity index (χ2n) is 13.3. The standard InChI is InChI=1S/C35H48N2O6S/c1-21-12-11-15-28-29(37(28)34(41)42-19-26-13-9-8-10-14-26)17-30(22(2)16-27-20-44-25(5)36-27)43-32(39)18-31(38)35(6,7)33(40)24(4)23(21)3/h8-10,13-14,16,20-21,23-24,28-31,38H,11-12,15,17-19H2,1-7H3/b22-16+. The fraction of sp³-hybridized carbons (Fsp3) is 0.600. The summed E-state index contributed by atoms with van der Waals surface area (Å²) in [6.45, 7) is 13.6. The van der Waals surface area contributed by atoms with Crippen molar-refractivity contribution in [3.8, 4) is 0 Å². The summed E-state index contributed by atoms with van der Waals surface area (Å²) >= 11 is 1.54. The Balaban J connectivity index is 1.60. The third kappa shape index (κ3) is 8.16. The molecule has 1 aromatic heterocycles. The Labute approximate surface area is 265 Å². The summed E-state index contributed by atoms with van der Waals surface area (Å²) < 4.78 is 11.7. The van der Waals surface area contributed by atoms with Gasteiger partial charge in [0.2, 0.25) is 0 Å². The molecule has 0 aliphatic carbocycles. The number of Topliss-reactive ketones (excluding diaryl/α,β-unsaturated/α-hetero) is 1. The molecule has 0 saturated carbocycles. The molecule has 240 valence electrons. The van der Waals surface area contributed by atoms with Crippen LogP contribution in [0.2, 0.25) is 0 Å². The van der Waals surface area contributed by atoms with Crippen molar-refractivity contribution < 1.29 is 29.0 Å². The van der Waals surface area contributed by atoms with Gasteiger partial charge in [-0.2, -0.15) is 0 Å². The molecule has 7 unspecified atom stereocenters. The number of fused-ring (bicyclic) bond motifs is 1. The van der Waals surface area contributed by atoms with Crippen molar-refractivity contribution in [3.05, 3.63) is 57.6 Å². The molecule has 1 amide bonds. The van der Waals surface area contributed by atoms with Gasteiger partial charge in [0, 0.05) is 17.7 Å². The van der Waals surface area contributed by atoms with Crippen LogP contribution in [0.3, 0.4) is 0 Å². The lowest BCUT2D eigenvalue weighted by Gasteiger charge is -2.35. The Morgan fingerprint density at radius 2 is 1.86 bits per heavy atom. The molecule has 3 heterocycles. The molecule has 2 aliphatic heterocycles. The molecular formula is C35H48N2O6S. The van der Waals surface area contributed by atoms with Crippen LogP contribution in [0.25, 0.3) is 6.08 Å². The van der Waals surface area contributed by atoms with Crippen molar-refractivity contribution in [1.29, 1.82) is 0 Å². The van der Waals surface area contributed by atoms with Crippen LogP contribution in [0, 0.1) is 30.1 Å². The van der Waals surface area contributed by atoms with Crippen LogP contribution in [0.4, 0.5) is 4.79 Å². The van der Waals surface area contributed by atoms with E-state index in [1.165, 1.54) is 11.3 Å². The first-order valence-corrected chi connectivity index (χ1v) is 16.7. The number of aromatic nitrogens is 1. The summed E-state index contributed by atoms with van der Waals surface area (Å²) in [4.78, 5) is 46.5. The Morgan fingerprint density at radius 3 is 2.52 bits per heavy atom. The van der Waals surface area contributed by atoms with Crippen LogP contribution in [0.1, 0.15) is 89.9 Å². The van der Waals surface area contributed by atoms with Gasteiger partial charge in [-0.05, 0) is 49.3 Å². The van der Waals surface area contributed by atoms with Gasteiger partial charge in [-0.1, -0.05) is 77.8 Å². The van der Waals surface area contributed by atoms with Crippen LogP contribution in [-0.4, -0.2) is 57.1 Å². The Morgan fingerprint density at radius 1 is 1.16 bits per heavy atom. The van der Waals surface area contributed by atoms with E-state index >= 15 is 0 Å². The van der Waals surface area contributed by atoms with E-state index in [2.05, 4.69) is 18.8 Å². The van der Waals surface area contributed by atoms with Crippen LogP contribution in [0.15, 0.2) is 41.3 Å². The van der Waals surface area contributed by atoms with E-state index in [1.807, 2.05) is 62.6 Å². The van der Waals surface area contributed by atoms with E-state index < -0.39 is 23.6 Å². The SMILES string of the molecule is C/C(=C\c1csc(C)n1)C1CC2C(CCCC(C)C(C)C(C)C(=O)C(C)(C)C(O)CC(=O)O1)N2C(=O)OCc1ccccc1. The van der Waals surface area contributed by atoms with Gasteiger partial charge in [0.15, 0.2) is 0 Å². The Hall–Kier alpha value is -3.04. The van der Waals surface area contributed by atoms with E-state index in [1.54, 1.807) is 18.7 Å². The molecule has 2 aliphatic rings. The predicted octanol–water partition coefficient (Wildman–Crippen LogP) is 6.98. The van der Waals surface area contributed by atoms with Gasteiger partial charge in [-0.25, -0.2) is 9.78 Å². The number of ether oxygens (including phenoxy) is 2. The minimum Gasteiger partial charge on any atom is -0.458 e. The maximum absolute atomic E-state index is 13.6. The minimum absolute atomic E-state index is 0.0345. The molecule has 0 radical (unpaired) electrons. The molecule has 0 bridgehead atoms. The number of cyclic esters (lactones) is 1. The zero-order chi connectivity index (χ0) is 32.2. The van der Waals surface area contributed by atoms with E-state index in [0.717, 1.165) is 41.1 Å². The molecule has 1 aromatic carbocycles. The average molecular weight is 625 g/mol. The van der Waals surface area contributed by atoms with Crippen molar-refractivity contribution >= 4 is 35.3 Å². The quantitative estimate of drug-likeness (QED) is 0.289. The number of carbonyl (C=O) groups is 3. The van der Waals surface area contributed by atoms with E-state index in [0.29, 0.717) is 6.42 Å². The van der Waals surface area contributed by atoms with Crippen molar-refractivity contribution in [1.82, 2.24) is 9.88 Å². The number of esters is 1. The van der Waals surface area contributed by atoms with Gasteiger partial charge in [0.25, 0.3) is 0 Å². The first kappa shape index (κ1) is 33.8. The highest BCUT2D eigenvalue weighted by Gasteiger charge is 2.53. The number of aliphatic hydroxyl groups excluding tert-OH is 1.